The lowest BCUT2D eigenvalue weighted by molar-refractivity contribution is -0.138. The van der Waals surface area contributed by atoms with Gasteiger partial charge in [0, 0.05) is 0 Å². The van der Waals surface area contributed by atoms with Crippen LogP contribution >= 0.6 is 23.7 Å². The Hall–Kier alpha value is 0.0900. The van der Waals surface area contributed by atoms with Crippen LogP contribution in [0.15, 0.2) is 0 Å². The Labute approximate surface area is 81.6 Å². The van der Waals surface area contributed by atoms with E-state index in [0.29, 0.717) is 6.42 Å². The number of carboxylic acids is 1. The van der Waals surface area contributed by atoms with Crippen LogP contribution in [0, 0.1) is 0 Å². The molecule has 6 heteroatoms. The molecule has 0 heterocycles. The molecule has 4 nitrogen and oxygen atoms in total. The van der Waals surface area contributed by atoms with E-state index in [1.807, 2.05) is 12.5 Å². The minimum absolute atomic E-state index is 0.552. The Kier molecular flexibility index (Phi) is 13.5. The van der Waals surface area contributed by atoms with Crippen molar-refractivity contribution in [2.75, 3.05) is 18.3 Å². The normalized spacial score (nSPS) is 11.3. The monoisotopic (exact) mass is 212 g/mol. The van der Waals surface area contributed by atoms with Crippen LogP contribution in [0.25, 0.3) is 0 Å². The van der Waals surface area contributed by atoms with Crippen molar-refractivity contribution in [1.29, 1.82) is 0 Å². The number of hydrogen-bond acceptors (Lipinski definition) is 5. The minimum atomic E-state index is -0.913. The van der Waals surface area contributed by atoms with Gasteiger partial charge in [-0.1, -0.05) is 11.9 Å². The molecule has 74 valence electrons. The van der Waals surface area contributed by atoms with Crippen molar-refractivity contribution in [3.8, 4) is 0 Å². The zero-order valence-corrected chi connectivity index (χ0v) is 8.95. The molecule has 1 atom stereocenters. The molecule has 0 rings (SSSR count). The Morgan fingerprint density at radius 3 is 2.25 bits per heavy atom. The van der Waals surface area contributed by atoms with E-state index in [1.54, 1.807) is 11.8 Å². The maximum atomic E-state index is 10.1. The summed E-state index contributed by atoms with van der Waals surface area (Å²) in [5.41, 5.74) is 5.19. The van der Waals surface area contributed by atoms with Gasteiger partial charge in [0.25, 0.3) is 0 Å². The summed E-state index contributed by atoms with van der Waals surface area (Å²) in [5.74, 6) is -0.1000. The van der Waals surface area contributed by atoms with Crippen molar-refractivity contribution in [2.24, 2.45) is 10.9 Å². The van der Waals surface area contributed by atoms with Gasteiger partial charge in [-0.2, -0.15) is 11.8 Å². The van der Waals surface area contributed by atoms with Crippen molar-refractivity contribution in [3.63, 3.8) is 0 Å². The average Bonchev–Trinajstić information content (AvgIpc) is 2.01. The molecule has 0 aliphatic rings. The number of hydrogen-bond donors (Lipinski definition) is 3. The summed E-state index contributed by atoms with van der Waals surface area (Å²) in [6.45, 7) is 0. The average molecular weight is 212 g/mol. The van der Waals surface area contributed by atoms with E-state index < -0.39 is 12.0 Å². The minimum Gasteiger partial charge on any atom is -0.480 e. The molecular formula is C6H16N2O2S2. The molecule has 1 unspecified atom stereocenters. The molecule has 0 spiro atoms. The van der Waals surface area contributed by atoms with Crippen molar-refractivity contribution >= 4 is 29.7 Å². The van der Waals surface area contributed by atoms with Crippen LogP contribution in [0.1, 0.15) is 6.42 Å². The molecule has 0 saturated carbocycles. The predicted octanol–water partition coefficient (Wildman–Crippen LogP) is 0.374. The van der Waals surface area contributed by atoms with Crippen molar-refractivity contribution in [2.45, 2.75) is 12.5 Å². The first-order valence-electron chi connectivity index (χ1n) is 3.30. The summed E-state index contributed by atoms with van der Waals surface area (Å²) in [5, 5.41) is 13.0. The number of aliphatic carboxylic acids is 1. The van der Waals surface area contributed by atoms with Crippen molar-refractivity contribution in [1.82, 2.24) is 0 Å². The third-order valence-electron chi connectivity index (χ3n) is 0.950. The van der Waals surface area contributed by atoms with E-state index in [2.05, 4.69) is 0 Å². The fourth-order valence-electron chi connectivity index (χ4n) is 0.368. The smallest absolute Gasteiger partial charge is 0.320 e. The van der Waals surface area contributed by atoms with Crippen LogP contribution in [0.5, 0.6) is 0 Å². The Morgan fingerprint density at radius 2 is 2.00 bits per heavy atom. The largest absolute Gasteiger partial charge is 0.480 e. The van der Waals surface area contributed by atoms with Gasteiger partial charge >= 0.3 is 5.97 Å². The summed E-state index contributed by atoms with van der Waals surface area (Å²) >= 11 is 2.85. The van der Waals surface area contributed by atoms with Gasteiger partial charge < -0.3 is 10.8 Å². The molecule has 0 saturated heterocycles. The molecule has 0 amide bonds. The van der Waals surface area contributed by atoms with Crippen LogP contribution in [0.2, 0.25) is 0 Å². The molecule has 0 radical (unpaired) electrons. The van der Waals surface area contributed by atoms with Crippen LogP contribution in [-0.4, -0.2) is 35.4 Å². The molecular weight excluding hydrogens is 196 g/mol. The lowest BCUT2D eigenvalue weighted by Gasteiger charge is -2.02. The van der Waals surface area contributed by atoms with E-state index in [0.717, 1.165) is 5.75 Å². The second-order valence-corrected chi connectivity index (χ2v) is 3.42. The molecule has 0 aliphatic carbocycles. The second kappa shape index (κ2) is 11.1. The second-order valence-electron chi connectivity index (χ2n) is 1.96. The molecule has 0 aromatic heterocycles. The fraction of sp³-hybridized carbons (Fsp3) is 0.833. The Bertz CT molecular complexity index is 114. The van der Waals surface area contributed by atoms with Crippen molar-refractivity contribution < 1.29 is 9.90 Å². The molecule has 12 heavy (non-hydrogen) atoms. The molecule has 5 N–H and O–H groups in total. The maximum absolute atomic E-state index is 10.1. The van der Waals surface area contributed by atoms with E-state index >= 15 is 0 Å². The standard InChI is InChI=1S/C5H11NO2S.CH5NS/c1-9-3-2-4(6)5(7)8;1-3-2/h4H,2-3,6H2,1H3,(H,7,8);2H2,1H3. The third-order valence-corrected chi connectivity index (χ3v) is 1.59. The first-order chi connectivity index (χ1) is 5.59. The first-order valence-corrected chi connectivity index (χ1v) is 5.98. The quantitative estimate of drug-likeness (QED) is 0.584. The summed E-state index contributed by atoms with van der Waals surface area (Å²) in [6, 6.07) is -0.683. The number of carboxylic acid groups (broad SMARTS) is 1. The van der Waals surface area contributed by atoms with Crippen LogP contribution in [-0.2, 0) is 4.79 Å². The molecule has 0 aromatic carbocycles. The summed E-state index contributed by atoms with van der Waals surface area (Å²) in [6.07, 6.45) is 4.30. The lowest BCUT2D eigenvalue weighted by Crippen LogP contribution is -2.30. The van der Waals surface area contributed by atoms with Gasteiger partial charge in [0.1, 0.15) is 6.04 Å². The highest BCUT2D eigenvalue weighted by Crippen LogP contribution is 1.97. The van der Waals surface area contributed by atoms with Gasteiger partial charge in [0.2, 0.25) is 0 Å². The molecule has 0 aliphatic heterocycles. The van der Waals surface area contributed by atoms with E-state index in [9.17, 15) is 4.79 Å². The Balaban J connectivity index is 0. The maximum Gasteiger partial charge on any atom is 0.320 e. The van der Waals surface area contributed by atoms with Crippen LogP contribution in [0.3, 0.4) is 0 Å². The highest BCUT2D eigenvalue weighted by molar-refractivity contribution is 7.98. The third kappa shape index (κ3) is 12.7. The van der Waals surface area contributed by atoms with Gasteiger partial charge in [-0.25, -0.2) is 0 Å². The van der Waals surface area contributed by atoms with Gasteiger partial charge in [-0.15, -0.1) is 0 Å². The number of nitrogens with two attached hydrogens (primary N) is 2. The molecule has 0 aromatic rings. The fourth-order valence-corrected chi connectivity index (χ4v) is 0.858. The van der Waals surface area contributed by atoms with Crippen LogP contribution < -0.4 is 10.9 Å². The van der Waals surface area contributed by atoms with Crippen molar-refractivity contribution in [3.05, 3.63) is 0 Å². The number of thioether (sulfide) groups is 1. The van der Waals surface area contributed by atoms with Gasteiger partial charge in [0.15, 0.2) is 0 Å². The first kappa shape index (κ1) is 14.6. The molecule has 0 bridgehead atoms. The lowest BCUT2D eigenvalue weighted by atomic mass is 10.2. The summed E-state index contributed by atoms with van der Waals surface area (Å²) in [4.78, 5) is 10.1. The predicted molar refractivity (Wildman–Crippen MR) is 56.3 cm³/mol. The van der Waals surface area contributed by atoms with E-state index in [-0.39, 0.29) is 0 Å². The number of carbonyl (C=O) groups is 1. The van der Waals surface area contributed by atoms with E-state index in [1.165, 1.54) is 11.9 Å². The zero-order chi connectivity index (χ0) is 9.98. The Morgan fingerprint density at radius 1 is 1.58 bits per heavy atom. The highest BCUT2D eigenvalue weighted by Gasteiger charge is 2.08. The summed E-state index contributed by atoms with van der Waals surface area (Å²) in [7, 11) is 0. The van der Waals surface area contributed by atoms with Gasteiger partial charge in [-0.3, -0.25) is 9.93 Å². The molecule has 0 fully saturated rings. The number of rotatable bonds is 4. The summed E-state index contributed by atoms with van der Waals surface area (Å²) < 4.78 is 0. The van der Waals surface area contributed by atoms with Crippen LogP contribution in [0.4, 0.5) is 0 Å². The topological polar surface area (TPSA) is 89.3 Å². The SMILES string of the molecule is CSCCC(N)C(=O)O.CSN. The highest BCUT2D eigenvalue weighted by atomic mass is 32.2. The van der Waals surface area contributed by atoms with E-state index in [4.69, 9.17) is 16.0 Å². The van der Waals surface area contributed by atoms with Gasteiger partial charge in [0.05, 0.1) is 0 Å². The zero-order valence-electron chi connectivity index (χ0n) is 7.32. The van der Waals surface area contributed by atoms with Gasteiger partial charge in [-0.05, 0) is 24.7 Å².